The number of amides is 1. The number of benzene rings is 1. The first kappa shape index (κ1) is 15.5. The highest BCUT2D eigenvalue weighted by atomic mass is 19.3. The monoisotopic (exact) mass is 322 g/mol. The number of hydrogen-bond donors (Lipinski definition) is 0. The summed E-state index contributed by atoms with van der Waals surface area (Å²) in [4.78, 5) is 18.3. The summed E-state index contributed by atoms with van der Waals surface area (Å²) >= 11 is 0. The van der Waals surface area contributed by atoms with E-state index >= 15 is 0 Å². The molecule has 5 nitrogen and oxygen atoms in total. The molecule has 0 aliphatic carbocycles. The lowest BCUT2D eigenvalue weighted by atomic mass is 10.00. The van der Waals surface area contributed by atoms with Crippen LogP contribution in [0.4, 0.5) is 14.5 Å². The predicted molar refractivity (Wildman–Crippen MR) is 79.0 cm³/mol. The van der Waals surface area contributed by atoms with Crippen molar-refractivity contribution in [2.45, 2.75) is 32.8 Å². The van der Waals surface area contributed by atoms with E-state index in [4.69, 9.17) is 4.42 Å². The van der Waals surface area contributed by atoms with E-state index in [1.165, 1.54) is 17.4 Å². The standard InChI is InChI=1S/C16H16F2N2O3/c1-2-11-14(22-9-19-11)15(21)20-8-4-5-10-12(20)6-3-7-13(10)23-16(17)18/h3,6-7,9,16H,2,4-5,8H2,1H3. The van der Waals surface area contributed by atoms with Gasteiger partial charge in [0.05, 0.1) is 11.4 Å². The van der Waals surface area contributed by atoms with Crippen LogP contribution in [0.3, 0.4) is 0 Å². The molecular formula is C16H16F2N2O3. The Kier molecular flexibility index (Phi) is 4.27. The Morgan fingerprint density at radius 2 is 2.30 bits per heavy atom. The molecule has 2 heterocycles. The zero-order valence-electron chi connectivity index (χ0n) is 12.6. The number of aromatic nitrogens is 1. The fourth-order valence-corrected chi connectivity index (χ4v) is 2.83. The number of hydrogen-bond acceptors (Lipinski definition) is 4. The topological polar surface area (TPSA) is 55.6 Å². The van der Waals surface area contributed by atoms with E-state index in [1.54, 1.807) is 12.1 Å². The summed E-state index contributed by atoms with van der Waals surface area (Å²) in [6.07, 6.45) is 3.07. The van der Waals surface area contributed by atoms with Gasteiger partial charge in [-0.25, -0.2) is 4.98 Å². The second-order valence-corrected chi connectivity index (χ2v) is 5.17. The lowest BCUT2D eigenvalue weighted by Crippen LogP contribution is -2.36. The van der Waals surface area contributed by atoms with Crippen molar-refractivity contribution in [1.29, 1.82) is 0 Å². The Morgan fingerprint density at radius 1 is 1.48 bits per heavy atom. The van der Waals surface area contributed by atoms with E-state index < -0.39 is 6.61 Å². The van der Waals surface area contributed by atoms with Gasteiger partial charge in [-0.05, 0) is 31.4 Å². The molecule has 0 N–H and O–H groups in total. The SMILES string of the molecule is CCc1ncoc1C(=O)N1CCCc2c(OC(F)F)cccc21. The molecule has 0 saturated heterocycles. The molecule has 122 valence electrons. The number of anilines is 1. The summed E-state index contributed by atoms with van der Waals surface area (Å²) in [5.74, 6) is -0.00156. The molecule has 1 aliphatic heterocycles. The molecule has 1 aromatic carbocycles. The fraction of sp³-hybridized carbons (Fsp3) is 0.375. The predicted octanol–water partition coefficient (Wildman–Crippen LogP) is 3.43. The third kappa shape index (κ3) is 2.91. The second-order valence-electron chi connectivity index (χ2n) is 5.17. The van der Waals surface area contributed by atoms with Crippen LogP contribution in [-0.2, 0) is 12.8 Å². The van der Waals surface area contributed by atoms with E-state index in [-0.39, 0.29) is 17.4 Å². The van der Waals surface area contributed by atoms with Gasteiger partial charge in [-0.3, -0.25) is 4.79 Å². The van der Waals surface area contributed by atoms with Crippen molar-refractivity contribution in [1.82, 2.24) is 4.98 Å². The second kappa shape index (κ2) is 6.36. The minimum Gasteiger partial charge on any atom is -0.438 e. The number of aryl methyl sites for hydroxylation is 1. The average Bonchev–Trinajstić information content (AvgIpc) is 3.02. The molecular weight excluding hydrogens is 306 g/mol. The van der Waals surface area contributed by atoms with Crippen molar-refractivity contribution in [2.75, 3.05) is 11.4 Å². The van der Waals surface area contributed by atoms with Gasteiger partial charge in [0.2, 0.25) is 5.76 Å². The number of rotatable bonds is 4. The van der Waals surface area contributed by atoms with E-state index in [0.29, 0.717) is 42.8 Å². The third-order valence-electron chi connectivity index (χ3n) is 3.84. The van der Waals surface area contributed by atoms with Crippen LogP contribution in [-0.4, -0.2) is 24.0 Å². The molecule has 1 amide bonds. The summed E-state index contributed by atoms with van der Waals surface area (Å²) < 4.78 is 34.9. The molecule has 1 aromatic heterocycles. The third-order valence-corrected chi connectivity index (χ3v) is 3.84. The van der Waals surface area contributed by atoms with E-state index in [1.807, 2.05) is 6.92 Å². The molecule has 0 spiro atoms. The van der Waals surface area contributed by atoms with Crippen LogP contribution in [0.15, 0.2) is 29.0 Å². The van der Waals surface area contributed by atoms with Gasteiger partial charge >= 0.3 is 6.61 Å². The van der Waals surface area contributed by atoms with Gasteiger partial charge in [0.25, 0.3) is 5.91 Å². The maximum Gasteiger partial charge on any atom is 0.387 e. The van der Waals surface area contributed by atoms with Gasteiger partial charge in [0.1, 0.15) is 5.75 Å². The van der Waals surface area contributed by atoms with E-state index in [0.717, 1.165) is 0 Å². The molecule has 2 aromatic rings. The number of carbonyl (C=O) groups excluding carboxylic acids is 1. The van der Waals surface area contributed by atoms with Crippen LogP contribution < -0.4 is 9.64 Å². The first-order valence-corrected chi connectivity index (χ1v) is 7.42. The first-order valence-electron chi connectivity index (χ1n) is 7.42. The van der Waals surface area contributed by atoms with Gasteiger partial charge in [-0.2, -0.15) is 8.78 Å². The van der Waals surface area contributed by atoms with E-state index in [2.05, 4.69) is 9.72 Å². The summed E-state index contributed by atoms with van der Waals surface area (Å²) in [6, 6.07) is 4.82. The molecule has 0 unspecified atom stereocenters. The number of alkyl halides is 2. The molecule has 3 rings (SSSR count). The van der Waals surface area contributed by atoms with Crippen LogP contribution in [0.25, 0.3) is 0 Å². The summed E-state index contributed by atoms with van der Waals surface area (Å²) in [7, 11) is 0. The number of nitrogens with zero attached hydrogens (tertiary/aromatic N) is 2. The molecule has 23 heavy (non-hydrogen) atoms. The van der Waals surface area contributed by atoms with E-state index in [9.17, 15) is 13.6 Å². The normalized spacial score (nSPS) is 14.0. The smallest absolute Gasteiger partial charge is 0.387 e. The van der Waals surface area contributed by atoms with Crippen molar-refractivity contribution >= 4 is 11.6 Å². The average molecular weight is 322 g/mol. The summed E-state index contributed by atoms with van der Waals surface area (Å²) in [5.41, 5.74) is 1.78. The Balaban J connectivity index is 1.97. The van der Waals surface area contributed by atoms with Crippen molar-refractivity contribution in [3.63, 3.8) is 0 Å². The molecule has 0 radical (unpaired) electrons. The maximum absolute atomic E-state index is 12.7. The molecule has 7 heteroatoms. The number of ether oxygens (including phenoxy) is 1. The highest BCUT2D eigenvalue weighted by molar-refractivity contribution is 6.05. The quantitative estimate of drug-likeness (QED) is 0.865. The minimum absolute atomic E-state index is 0.114. The largest absolute Gasteiger partial charge is 0.438 e. The van der Waals surface area contributed by atoms with Crippen LogP contribution in [0.2, 0.25) is 0 Å². The van der Waals surface area contributed by atoms with Gasteiger partial charge in [0, 0.05) is 12.1 Å². The van der Waals surface area contributed by atoms with Crippen LogP contribution in [0, 0.1) is 0 Å². The van der Waals surface area contributed by atoms with Crippen molar-refractivity contribution in [3.05, 3.63) is 41.6 Å². The number of carbonyl (C=O) groups is 1. The van der Waals surface area contributed by atoms with Crippen LogP contribution >= 0.6 is 0 Å². The number of fused-ring (bicyclic) bond motifs is 1. The molecule has 0 atom stereocenters. The zero-order chi connectivity index (χ0) is 16.4. The van der Waals surface area contributed by atoms with Crippen molar-refractivity contribution < 1.29 is 22.7 Å². The first-order chi connectivity index (χ1) is 11.1. The number of oxazole rings is 1. The van der Waals surface area contributed by atoms with Gasteiger partial charge < -0.3 is 14.1 Å². The summed E-state index contributed by atoms with van der Waals surface area (Å²) in [5, 5.41) is 0. The fourth-order valence-electron chi connectivity index (χ4n) is 2.83. The van der Waals surface area contributed by atoms with Gasteiger partial charge in [-0.15, -0.1) is 0 Å². The lowest BCUT2D eigenvalue weighted by molar-refractivity contribution is -0.0504. The minimum atomic E-state index is -2.89. The molecule has 0 fully saturated rings. The van der Waals surface area contributed by atoms with Crippen molar-refractivity contribution in [3.8, 4) is 5.75 Å². The number of halogens is 2. The molecule has 1 aliphatic rings. The highest BCUT2D eigenvalue weighted by Gasteiger charge is 2.29. The molecule has 0 saturated carbocycles. The van der Waals surface area contributed by atoms with Gasteiger partial charge in [0.15, 0.2) is 6.39 Å². The Labute approximate surface area is 131 Å². The Bertz CT molecular complexity index is 715. The summed E-state index contributed by atoms with van der Waals surface area (Å²) in [6.45, 7) is -0.519. The molecule has 0 bridgehead atoms. The van der Waals surface area contributed by atoms with Crippen LogP contribution in [0.1, 0.15) is 35.2 Å². The maximum atomic E-state index is 12.7. The lowest BCUT2D eigenvalue weighted by Gasteiger charge is -2.30. The Hall–Kier alpha value is -2.44. The highest BCUT2D eigenvalue weighted by Crippen LogP contribution is 2.35. The van der Waals surface area contributed by atoms with Gasteiger partial charge in [-0.1, -0.05) is 13.0 Å². The van der Waals surface area contributed by atoms with Crippen LogP contribution in [0.5, 0.6) is 5.75 Å². The van der Waals surface area contributed by atoms with Crippen molar-refractivity contribution in [2.24, 2.45) is 0 Å². The zero-order valence-corrected chi connectivity index (χ0v) is 12.6. The Morgan fingerprint density at radius 3 is 3.04 bits per heavy atom.